The molecular weight excluding hydrogens is 432 g/mol. The Kier molecular flexibility index (Phi) is 6.85. The van der Waals surface area contributed by atoms with Crippen LogP contribution < -0.4 is 5.32 Å². The molecule has 0 aliphatic carbocycles. The van der Waals surface area contributed by atoms with Crippen molar-refractivity contribution in [3.63, 3.8) is 0 Å². The van der Waals surface area contributed by atoms with Crippen molar-refractivity contribution in [2.24, 2.45) is 5.92 Å². The third kappa shape index (κ3) is 4.81. The quantitative estimate of drug-likeness (QED) is 0.483. The van der Waals surface area contributed by atoms with Crippen LogP contribution in [0.5, 0.6) is 0 Å². The van der Waals surface area contributed by atoms with Crippen LogP contribution in [0.25, 0.3) is 0 Å². The molecule has 3 aromatic carbocycles. The average Bonchev–Trinajstić information content (AvgIpc) is 2.81. The van der Waals surface area contributed by atoms with Crippen LogP contribution >= 0.6 is 11.6 Å². The average molecular weight is 461 g/mol. The monoisotopic (exact) mass is 460 g/mol. The Hall–Kier alpha value is -3.11. The molecule has 2 amide bonds. The third-order valence-corrected chi connectivity index (χ3v) is 6.77. The maximum atomic E-state index is 13.8. The minimum atomic E-state index is -0.383. The van der Waals surface area contributed by atoms with Gasteiger partial charge < -0.3 is 10.2 Å². The lowest BCUT2D eigenvalue weighted by atomic mass is 9.83. The second kappa shape index (κ2) is 9.80. The van der Waals surface area contributed by atoms with Crippen LogP contribution in [-0.2, 0) is 4.79 Å². The van der Waals surface area contributed by atoms with Crippen molar-refractivity contribution in [2.75, 3.05) is 11.9 Å². The van der Waals surface area contributed by atoms with Gasteiger partial charge in [0.05, 0.1) is 22.7 Å². The minimum absolute atomic E-state index is 0.0226. The maximum Gasteiger partial charge on any atom is 0.254 e. The zero-order valence-electron chi connectivity index (χ0n) is 19.3. The molecule has 170 valence electrons. The lowest BCUT2D eigenvalue weighted by Crippen LogP contribution is -2.46. The fraction of sp³-hybridized carbons (Fsp3) is 0.286. The van der Waals surface area contributed by atoms with Crippen molar-refractivity contribution >= 4 is 29.1 Å². The van der Waals surface area contributed by atoms with E-state index in [1.165, 1.54) is 0 Å². The zero-order chi connectivity index (χ0) is 23.5. The molecule has 3 aromatic rings. The Balaban J connectivity index is 1.72. The number of rotatable bonds is 4. The fourth-order valence-electron chi connectivity index (χ4n) is 4.82. The smallest absolute Gasteiger partial charge is 0.254 e. The molecule has 4 rings (SSSR count). The first-order chi connectivity index (χ1) is 15.9. The number of benzene rings is 3. The molecule has 0 radical (unpaired) electrons. The molecule has 0 unspecified atom stereocenters. The van der Waals surface area contributed by atoms with E-state index >= 15 is 0 Å². The molecular formula is C28H29ClN2O2. The Bertz CT molecular complexity index is 1160. The highest BCUT2D eigenvalue weighted by Crippen LogP contribution is 2.39. The molecule has 33 heavy (non-hydrogen) atoms. The van der Waals surface area contributed by atoms with Gasteiger partial charge in [-0.3, -0.25) is 9.59 Å². The predicted octanol–water partition coefficient (Wildman–Crippen LogP) is 6.50. The van der Waals surface area contributed by atoms with Crippen LogP contribution in [-0.4, -0.2) is 23.3 Å². The van der Waals surface area contributed by atoms with Crippen molar-refractivity contribution in [3.8, 4) is 0 Å². The number of halogens is 1. The number of nitrogens with one attached hydrogen (secondary N) is 1. The summed E-state index contributed by atoms with van der Waals surface area (Å²) >= 11 is 6.35. The van der Waals surface area contributed by atoms with E-state index in [0.29, 0.717) is 23.7 Å². The van der Waals surface area contributed by atoms with Crippen molar-refractivity contribution < 1.29 is 9.59 Å². The summed E-state index contributed by atoms with van der Waals surface area (Å²) in [6.45, 7) is 6.50. The number of hydrogen-bond donors (Lipinski definition) is 1. The summed E-state index contributed by atoms with van der Waals surface area (Å²) < 4.78 is 0. The summed E-state index contributed by atoms with van der Waals surface area (Å²) in [5, 5.41) is 3.54. The molecule has 2 atom stereocenters. The van der Waals surface area contributed by atoms with Gasteiger partial charge in [0.25, 0.3) is 5.91 Å². The SMILES string of the molecule is Cc1ccc(Cl)c(NC(=O)[C@H]2CCCN(C(=O)c3c(C)cccc3C)[C@H]2c2ccccc2)c1. The van der Waals surface area contributed by atoms with Crippen LogP contribution in [0.2, 0.25) is 5.02 Å². The van der Waals surface area contributed by atoms with Crippen LogP contribution in [0.15, 0.2) is 66.7 Å². The van der Waals surface area contributed by atoms with Crippen LogP contribution in [0, 0.1) is 26.7 Å². The Morgan fingerprint density at radius 1 is 0.939 bits per heavy atom. The number of hydrogen-bond acceptors (Lipinski definition) is 2. The molecule has 0 aromatic heterocycles. The molecule has 0 bridgehead atoms. The topological polar surface area (TPSA) is 49.4 Å². The molecule has 1 saturated heterocycles. The lowest BCUT2D eigenvalue weighted by molar-refractivity contribution is -0.123. The molecule has 5 heteroatoms. The first-order valence-electron chi connectivity index (χ1n) is 11.4. The molecule has 1 aliphatic rings. The normalized spacial score (nSPS) is 18.1. The standard InChI is InChI=1S/C28H29ClN2O2/c1-18-14-15-23(29)24(17-18)30-27(32)22-13-8-16-31(26(22)21-11-5-4-6-12-21)28(33)25-19(2)9-7-10-20(25)3/h4-7,9-12,14-15,17,22,26H,8,13,16H2,1-3H3,(H,30,32)/t22-,26-/m0/s1. The Morgan fingerprint density at radius 2 is 1.64 bits per heavy atom. The van der Waals surface area contributed by atoms with Gasteiger partial charge in [-0.1, -0.05) is 66.2 Å². The van der Waals surface area contributed by atoms with E-state index in [0.717, 1.165) is 34.2 Å². The highest BCUT2D eigenvalue weighted by atomic mass is 35.5. The van der Waals surface area contributed by atoms with Gasteiger partial charge in [-0.15, -0.1) is 0 Å². The summed E-state index contributed by atoms with van der Waals surface area (Å²) in [5.41, 5.74) is 5.21. The van der Waals surface area contributed by atoms with Crippen LogP contribution in [0.4, 0.5) is 5.69 Å². The minimum Gasteiger partial charge on any atom is -0.331 e. The van der Waals surface area contributed by atoms with Gasteiger partial charge in [0.15, 0.2) is 0 Å². The van der Waals surface area contributed by atoms with Gasteiger partial charge in [0, 0.05) is 12.1 Å². The molecule has 1 N–H and O–H groups in total. The first kappa shape index (κ1) is 23.1. The van der Waals surface area contributed by atoms with E-state index in [9.17, 15) is 9.59 Å². The van der Waals surface area contributed by atoms with Gasteiger partial charge in [-0.05, 0) is 68.0 Å². The van der Waals surface area contributed by atoms with Crippen molar-refractivity contribution in [1.29, 1.82) is 0 Å². The van der Waals surface area contributed by atoms with Gasteiger partial charge in [0.1, 0.15) is 0 Å². The van der Waals surface area contributed by atoms with E-state index in [4.69, 9.17) is 11.6 Å². The highest BCUT2D eigenvalue weighted by molar-refractivity contribution is 6.33. The van der Waals surface area contributed by atoms with E-state index in [1.54, 1.807) is 6.07 Å². The number of likely N-dealkylation sites (tertiary alicyclic amines) is 1. The predicted molar refractivity (Wildman–Crippen MR) is 134 cm³/mol. The molecule has 4 nitrogen and oxygen atoms in total. The molecule has 0 spiro atoms. The first-order valence-corrected chi connectivity index (χ1v) is 11.7. The number of aryl methyl sites for hydroxylation is 3. The molecule has 1 fully saturated rings. The van der Waals surface area contributed by atoms with Crippen LogP contribution in [0.3, 0.4) is 0 Å². The maximum absolute atomic E-state index is 13.8. The molecule has 1 aliphatic heterocycles. The number of amides is 2. The van der Waals surface area contributed by atoms with Gasteiger partial charge >= 0.3 is 0 Å². The number of carbonyl (C=O) groups is 2. The summed E-state index contributed by atoms with van der Waals surface area (Å²) in [6, 6.07) is 21.0. The molecule has 0 saturated carbocycles. The van der Waals surface area contributed by atoms with E-state index in [-0.39, 0.29) is 23.8 Å². The molecule has 1 heterocycles. The Labute approximate surface area is 200 Å². The second-order valence-electron chi connectivity index (χ2n) is 8.84. The third-order valence-electron chi connectivity index (χ3n) is 6.44. The van der Waals surface area contributed by atoms with Crippen LogP contribution in [0.1, 0.15) is 51.5 Å². The van der Waals surface area contributed by atoms with Gasteiger partial charge in [-0.2, -0.15) is 0 Å². The van der Waals surface area contributed by atoms with Crippen molar-refractivity contribution in [2.45, 2.75) is 39.7 Å². The summed E-state index contributed by atoms with van der Waals surface area (Å²) in [5.74, 6) is -0.521. The fourth-order valence-corrected chi connectivity index (χ4v) is 4.98. The number of anilines is 1. The van der Waals surface area contributed by atoms with E-state index in [2.05, 4.69) is 5.32 Å². The van der Waals surface area contributed by atoms with Gasteiger partial charge in [-0.25, -0.2) is 0 Å². The van der Waals surface area contributed by atoms with E-state index in [1.807, 2.05) is 86.3 Å². The largest absolute Gasteiger partial charge is 0.331 e. The second-order valence-corrected chi connectivity index (χ2v) is 9.25. The lowest BCUT2D eigenvalue weighted by Gasteiger charge is -2.41. The van der Waals surface area contributed by atoms with Crippen molar-refractivity contribution in [1.82, 2.24) is 4.90 Å². The highest BCUT2D eigenvalue weighted by Gasteiger charge is 2.40. The summed E-state index contributed by atoms with van der Waals surface area (Å²) in [7, 11) is 0. The summed E-state index contributed by atoms with van der Waals surface area (Å²) in [4.78, 5) is 29.3. The van der Waals surface area contributed by atoms with Gasteiger partial charge in [0.2, 0.25) is 5.91 Å². The summed E-state index contributed by atoms with van der Waals surface area (Å²) in [6.07, 6.45) is 1.46. The Morgan fingerprint density at radius 3 is 2.33 bits per heavy atom. The zero-order valence-corrected chi connectivity index (χ0v) is 20.0. The number of carbonyl (C=O) groups excluding carboxylic acids is 2. The number of piperidine rings is 1. The van der Waals surface area contributed by atoms with Crippen molar-refractivity contribution in [3.05, 3.63) is 99.6 Å². The van der Waals surface area contributed by atoms with E-state index < -0.39 is 0 Å². The number of nitrogens with zero attached hydrogens (tertiary/aromatic N) is 1.